The van der Waals surface area contributed by atoms with Crippen LogP contribution in [0.2, 0.25) is 0 Å². The van der Waals surface area contributed by atoms with Crippen LogP contribution in [0, 0.1) is 0 Å². The van der Waals surface area contributed by atoms with E-state index in [1.807, 2.05) is 11.3 Å². The molecule has 0 N–H and O–H groups in total. The Balaban J connectivity index is 1.18. The van der Waals surface area contributed by atoms with Crippen molar-refractivity contribution in [2.45, 2.75) is 12.3 Å². The second kappa shape index (κ2) is 7.95. The van der Waals surface area contributed by atoms with Crippen LogP contribution in [0.25, 0.3) is 70.8 Å². The minimum atomic E-state index is 0.310. The van der Waals surface area contributed by atoms with Crippen molar-refractivity contribution in [2.24, 2.45) is 0 Å². The van der Waals surface area contributed by atoms with Gasteiger partial charge in [-0.25, -0.2) is 0 Å². The molecule has 1 unspecified atom stereocenters. The number of thiophene rings is 1. The average Bonchev–Trinajstić information content (AvgIpc) is 3.65. The maximum Gasteiger partial charge on any atom is 0.135 e. The van der Waals surface area contributed by atoms with E-state index in [0.29, 0.717) is 5.92 Å². The highest BCUT2D eigenvalue weighted by Crippen LogP contribution is 2.37. The molecular formula is C36H23NOS. The van der Waals surface area contributed by atoms with Crippen molar-refractivity contribution in [3.05, 3.63) is 125 Å². The summed E-state index contributed by atoms with van der Waals surface area (Å²) >= 11 is 1.88. The van der Waals surface area contributed by atoms with Crippen LogP contribution < -0.4 is 10.6 Å². The van der Waals surface area contributed by atoms with E-state index in [9.17, 15) is 0 Å². The van der Waals surface area contributed by atoms with Gasteiger partial charge in [0.05, 0.1) is 11.0 Å². The molecule has 9 rings (SSSR count). The molecule has 5 aromatic carbocycles. The van der Waals surface area contributed by atoms with Crippen LogP contribution >= 0.6 is 11.3 Å². The molecule has 3 aromatic heterocycles. The topological polar surface area (TPSA) is 18.1 Å². The van der Waals surface area contributed by atoms with E-state index >= 15 is 0 Å². The Bertz CT molecular complexity index is 2330. The lowest BCUT2D eigenvalue weighted by atomic mass is 9.91. The molecule has 1 atom stereocenters. The fourth-order valence-corrected chi connectivity index (χ4v) is 7.65. The third-order valence-corrected chi connectivity index (χ3v) is 9.47. The summed E-state index contributed by atoms with van der Waals surface area (Å²) in [5.74, 6) is 0.310. The highest BCUT2D eigenvalue weighted by Gasteiger charge is 2.17. The summed E-state index contributed by atoms with van der Waals surface area (Å²) in [6.45, 7) is 0. The second-order valence-electron chi connectivity index (χ2n) is 10.5. The Morgan fingerprint density at radius 3 is 2.18 bits per heavy atom. The van der Waals surface area contributed by atoms with Crippen molar-refractivity contribution in [1.82, 2.24) is 4.57 Å². The number of aromatic nitrogens is 1. The first-order chi connectivity index (χ1) is 19.3. The molecule has 0 fully saturated rings. The molecule has 0 saturated carbocycles. The van der Waals surface area contributed by atoms with E-state index in [2.05, 4.69) is 126 Å². The van der Waals surface area contributed by atoms with E-state index in [4.69, 9.17) is 4.42 Å². The fraction of sp³-hybridized carbons (Fsp3) is 0.0556. The monoisotopic (exact) mass is 517 g/mol. The van der Waals surface area contributed by atoms with Gasteiger partial charge in [-0.05, 0) is 60.5 Å². The number of rotatable bonds is 2. The van der Waals surface area contributed by atoms with Crippen LogP contribution in [0.5, 0.6) is 0 Å². The summed E-state index contributed by atoms with van der Waals surface area (Å²) in [6.07, 6.45) is 5.66. The average molecular weight is 518 g/mol. The standard InChI is InChI=1S/C36H23NOS/c1-4-10-31-25(7-1)26-8-2-5-11-32(26)37(31)24-15-18-33-30(21-24)27-16-13-22(19-34(27)38-33)23-14-17-29-28-9-3-6-12-35(28)39-36(29)20-23/h1-12,14-22H,13H2. The number of furan rings is 1. The van der Waals surface area contributed by atoms with E-state index in [1.165, 1.54) is 58.1 Å². The van der Waals surface area contributed by atoms with Crippen molar-refractivity contribution in [2.75, 3.05) is 0 Å². The van der Waals surface area contributed by atoms with Gasteiger partial charge in [0.1, 0.15) is 11.0 Å². The maximum absolute atomic E-state index is 6.43. The number of fused-ring (bicyclic) bond motifs is 9. The van der Waals surface area contributed by atoms with Crippen LogP contribution in [-0.4, -0.2) is 4.57 Å². The molecule has 1 aliphatic carbocycles. The molecule has 0 saturated heterocycles. The van der Waals surface area contributed by atoms with Gasteiger partial charge in [-0.3, -0.25) is 0 Å². The smallest absolute Gasteiger partial charge is 0.135 e. The summed E-state index contributed by atoms with van der Waals surface area (Å²) in [5.41, 5.74) is 6.89. The highest BCUT2D eigenvalue weighted by atomic mass is 32.1. The Kier molecular flexibility index (Phi) is 4.35. The molecule has 8 aromatic rings. The van der Waals surface area contributed by atoms with Crippen molar-refractivity contribution in [1.29, 1.82) is 0 Å². The number of nitrogens with zero attached hydrogens (tertiary/aromatic N) is 1. The molecule has 0 aliphatic heterocycles. The Morgan fingerprint density at radius 2 is 1.36 bits per heavy atom. The molecule has 0 bridgehead atoms. The van der Waals surface area contributed by atoms with Gasteiger partial charge in [0, 0.05) is 53.2 Å². The van der Waals surface area contributed by atoms with Gasteiger partial charge in [0.15, 0.2) is 0 Å². The van der Waals surface area contributed by atoms with Crippen molar-refractivity contribution < 1.29 is 4.42 Å². The highest BCUT2D eigenvalue weighted by molar-refractivity contribution is 7.25. The number of hydrogen-bond acceptors (Lipinski definition) is 2. The largest absolute Gasteiger partial charge is 0.456 e. The number of para-hydroxylation sites is 2. The Labute approximate surface area is 228 Å². The van der Waals surface area contributed by atoms with Gasteiger partial charge in [-0.1, -0.05) is 72.8 Å². The van der Waals surface area contributed by atoms with E-state index < -0.39 is 0 Å². The molecule has 2 nitrogen and oxygen atoms in total. The van der Waals surface area contributed by atoms with Gasteiger partial charge in [-0.2, -0.15) is 0 Å². The van der Waals surface area contributed by atoms with Crippen LogP contribution in [0.15, 0.2) is 114 Å². The summed E-state index contributed by atoms with van der Waals surface area (Å²) in [5, 5.41) is 7.65. The molecular weight excluding hydrogens is 494 g/mol. The molecule has 0 amide bonds. The SMILES string of the molecule is C1=c2oc3ccc(-n4c5ccccc5c5ccccc54)cc3c2=CCC1c1ccc2c(c1)sc1ccccc12. The van der Waals surface area contributed by atoms with Crippen LogP contribution in [0.1, 0.15) is 17.9 Å². The molecule has 39 heavy (non-hydrogen) atoms. The van der Waals surface area contributed by atoms with Gasteiger partial charge in [-0.15, -0.1) is 11.3 Å². The first-order valence-corrected chi connectivity index (χ1v) is 14.3. The number of hydrogen-bond donors (Lipinski definition) is 0. The van der Waals surface area contributed by atoms with Crippen molar-refractivity contribution in [3.63, 3.8) is 0 Å². The van der Waals surface area contributed by atoms with Crippen molar-refractivity contribution >= 4 is 76.4 Å². The summed E-state index contributed by atoms with van der Waals surface area (Å²) < 4.78 is 11.5. The molecule has 1 aliphatic rings. The zero-order valence-electron chi connectivity index (χ0n) is 21.1. The molecule has 3 heterocycles. The van der Waals surface area contributed by atoms with E-state index in [-0.39, 0.29) is 0 Å². The molecule has 0 radical (unpaired) electrons. The van der Waals surface area contributed by atoms with E-state index in [1.54, 1.807) is 0 Å². The third-order valence-electron chi connectivity index (χ3n) is 8.34. The normalized spacial score (nSPS) is 15.2. The van der Waals surface area contributed by atoms with Crippen molar-refractivity contribution in [3.8, 4) is 5.69 Å². The summed E-state index contributed by atoms with van der Waals surface area (Å²) in [4.78, 5) is 0. The minimum absolute atomic E-state index is 0.310. The molecule has 0 spiro atoms. The summed E-state index contributed by atoms with van der Waals surface area (Å²) in [6, 6.07) is 39.6. The zero-order valence-corrected chi connectivity index (χ0v) is 21.9. The van der Waals surface area contributed by atoms with Gasteiger partial charge >= 0.3 is 0 Å². The minimum Gasteiger partial charge on any atom is -0.456 e. The van der Waals surface area contributed by atoms with Gasteiger partial charge < -0.3 is 8.98 Å². The lowest BCUT2D eigenvalue weighted by Crippen LogP contribution is -2.25. The first-order valence-electron chi connectivity index (χ1n) is 13.5. The Morgan fingerprint density at radius 1 is 0.641 bits per heavy atom. The fourth-order valence-electron chi connectivity index (χ4n) is 6.50. The number of benzene rings is 5. The quantitative estimate of drug-likeness (QED) is 0.224. The maximum atomic E-state index is 6.43. The predicted octanol–water partition coefficient (Wildman–Crippen LogP) is 8.65. The zero-order chi connectivity index (χ0) is 25.5. The lowest BCUT2D eigenvalue weighted by molar-refractivity contribution is 0.569. The second-order valence-corrected chi connectivity index (χ2v) is 11.6. The first kappa shape index (κ1) is 21.3. The Hall–Kier alpha value is -4.60. The van der Waals surface area contributed by atoms with Crippen LogP contribution in [-0.2, 0) is 0 Å². The predicted molar refractivity (Wildman–Crippen MR) is 165 cm³/mol. The third kappa shape index (κ3) is 3.08. The molecule has 3 heteroatoms. The molecule has 184 valence electrons. The van der Waals surface area contributed by atoms with Gasteiger partial charge in [0.2, 0.25) is 0 Å². The van der Waals surface area contributed by atoms with E-state index in [0.717, 1.165) is 23.1 Å². The lowest BCUT2D eigenvalue weighted by Gasteiger charge is -2.13. The summed E-state index contributed by atoms with van der Waals surface area (Å²) in [7, 11) is 0. The van der Waals surface area contributed by atoms with Crippen LogP contribution in [0.3, 0.4) is 0 Å². The van der Waals surface area contributed by atoms with Crippen LogP contribution in [0.4, 0.5) is 0 Å². The van der Waals surface area contributed by atoms with Gasteiger partial charge in [0.25, 0.3) is 0 Å².